The van der Waals surface area contributed by atoms with E-state index in [9.17, 15) is 14.4 Å². The lowest BCUT2D eigenvalue weighted by atomic mass is 10.1. The fraction of sp³-hybridized carbons (Fsp3) is 0.368. The number of nitrogens with one attached hydrogen (secondary N) is 1. The van der Waals surface area contributed by atoms with Gasteiger partial charge < -0.3 is 10.1 Å². The zero-order valence-electron chi connectivity index (χ0n) is 15.0. The Kier molecular flexibility index (Phi) is 6.66. The molecule has 0 fully saturated rings. The highest BCUT2D eigenvalue weighted by atomic mass is 16.5. The molecular formula is C19H23N3O4. The van der Waals surface area contributed by atoms with E-state index < -0.39 is 18.0 Å². The molecule has 0 saturated carbocycles. The van der Waals surface area contributed by atoms with Gasteiger partial charge in [0, 0.05) is 18.5 Å². The lowest BCUT2D eigenvalue weighted by Crippen LogP contribution is -2.36. The van der Waals surface area contributed by atoms with Gasteiger partial charge in [-0.3, -0.25) is 9.59 Å². The summed E-state index contributed by atoms with van der Waals surface area (Å²) in [5.41, 5.74) is -0.220. The van der Waals surface area contributed by atoms with Gasteiger partial charge in [-0.2, -0.15) is 5.10 Å². The summed E-state index contributed by atoms with van der Waals surface area (Å²) in [7, 11) is 0. The van der Waals surface area contributed by atoms with Gasteiger partial charge in [-0.25, -0.2) is 9.48 Å². The van der Waals surface area contributed by atoms with Gasteiger partial charge in [-0.1, -0.05) is 37.6 Å². The molecule has 0 aliphatic heterocycles. The molecule has 1 atom stereocenters. The number of nitrogens with zero attached hydrogens (tertiary/aromatic N) is 2. The zero-order chi connectivity index (χ0) is 19.1. The van der Waals surface area contributed by atoms with E-state index >= 15 is 0 Å². The number of benzene rings is 1. The summed E-state index contributed by atoms with van der Waals surface area (Å²) in [5.74, 6) is -1.17. The first kappa shape index (κ1) is 19.4. The number of ether oxygens (including phenoxy) is 1. The molecule has 7 heteroatoms. The van der Waals surface area contributed by atoms with Gasteiger partial charge in [-0.05, 0) is 19.4 Å². The predicted octanol–water partition coefficient (Wildman–Crippen LogP) is 2.04. The largest absolute Gasteiger partial charge is 0.448 e. The second-order valence-electron chi connectivity index (χ2n) is 5.86. The highest BCUT2D eigenvalue weighted by molar-refractivity contribution is 6.02. The summed E-state index contributed by atoms with van der Waals surface area (Å²) in [6.07, 6.45) is 2.20. The highest BCUT2D eigenvalue weighted by Crippen LogP contribution is 2.15. The first-order valence-electron chi connectivity index (χ1n) is 8.59. The minimum atomic E-state index is -0.987. The summed E-state index contributed by atoms with van der Waals surface area (Å²) in [6.45, 7) is 7.69. The molecule has 1 N–H and O–H groups in total. The molecule has 0 saturated heterocycles. The third-order valence-electron chi connectivity index (χ3n) is 3.86. The highest BCUT2D eigenvalue weighted by Gasteiger charge is 2.22. The van der Waals surface area contributed by atoms with Crippen molar-refractivity contribution in [3.63, 3.8) is 0 Å². The first-order valence-corrected chi connectivity index (χ1v) is 8.59. The number of fused-ring (bicyclic) bond motifs is 1. The minimum absolute atomic E-state index is 0.0275. The summed E-state index contributed by atoms with van der Waals surface area (Å²) in [5, 5.41) is 7.57. The maximum Gasteiger partial charge on any atom is 0.360 e. The zero-order valence-corrected chi connectivity index (χ0v) is 15.0. The third kappa shape index (κ3) is 4.36. The van der Waals surface area contributed by atoms with Crippen molar-refractivity contribution in [2.45, 2.75) is 39.3 Å². The normalized spacial score (nSPS) is 11.8. The Morgan fingerprint density at radius 2 is 2.04 bits per heavy atom. The van der Waals surface area contributed by atoms with E-state index in [0.29, 0.717) is 17.3 Å². The van der Waals surface area contributed by atoms with Crippen molar-refractivity contribution in [1.29, 1.82) is 0 Å². The molecule has 1 aromatic heterocycles. The lowest BCUT2D eigenvalue weighted by Gasteiger charge is -2.14. The van der Waals surface area contributed by atoms with E-state index in [-0.39, 0.29) is 17.8 Å². The molecule has 0 unspecified atom stereocenters. The number of unbranched alkanes of at least 4 members (excludes halogenated alkanes) is 1. The quantitative estimate of drug-likeness (QED) is 0.577. The van der Waals surface area contributed by atoms with Crippen molar-refractivity contribution in [3.05, 3.63) is 53.0 Å². The van der Waals surface area contributed by atoms with E-state index in [4.69, 9.17) is 4.74 Å². The molecule has 0 spiro atoms. The van der Waals surface area contributed by atoms with Crippen molar-refractivity contribution in [3.8, 4) is 0 Å². The van der Waals surface area contributed by atoms with E-state index in [0.717, 1.165) is 12.8 Å². The lowest BCUT2D eigenvalue weighted by molar-refractivity contribution is -0.128. The molecule has 1 amide bonds. The number of carbonyl (C=O) groups excluding carboxylic acids is 2. The van der Waals surface area contributed by atoms with Crippen molar-refractivity contribution >= 4 is 22.6 Å². The standard InChI is InChI=1S/C19H23N3O4/c1-4-6-12-22-18(24)15-10-8-7-9-14(15)16(21-22)19(25)26-13(3)17(23)20-11-5-2/h5,7-10,13H,2,4,6,11-12H2,1,3H3,(H,20,23)/t13-/m0/s1. The van der Waals surface area contributed by atoms with Crippen LogP contribution in [-0.4, -0.2) is 34.3 Å². The van der Waals surface area contributed by atoms with Gasteiger partial charge in [0.25, 0.3) is 11.5 Å². The molecule has 1 heterocycles. The van der Waals surface area contributed by atoms with E-state index in [2.05, 4.69) is 17.0 Å². The Bertz CT molecular complexity index is 873. The van der Waals surface area contributed by atoms with Crippen molar-refractivity contribution in [2.24, 2.45) is 0 Å². The predicted molar refractivity (Wildman–Crippen MR) is 99.0 cm³/mol. The van der Waals surface area contributed by atoms with E-state index in [1.54, 1.807) is 24.3 Å². The number of aryl methyl sites for hydroxylation is 1. The molecule has 7 nitrogen and oxygen atoms in total. The van der Waals surface area contributed by atoms with Gasteiger partial charge >= 0.3 is 5.97 Å². The van der Waals surface area contributed by atoms with Crippen LogP contribution in [0.5, 0.6) is 0 Å². The Hall–Kier alpha value is -2.96. The van der Waals surface area contributed by atoms with Crippen LogP contribution < -0.4 is 10.9 Å². The summed E-state index contributed by atoms with van der Waals surface area (Å²) in [6, 6.07) is 6.75. The van der Waals surface area contributed by atoms with Gasteiger partial charge in [0.1, 0.15) is 0 Å². The molecule has 2 aromatic rings. The van der Waals surface area contributed by atoms with Crippen LogP contribution in [0.15, 0.2) is 41.7 Å². The molecule has 138 valence electrons. The Morgan fingerprint density at radius 1 is 1.35 bits per heavy atom. The van der Waals surface area contributed by atoms with Crippen LogP contribution in [0.2, 0.25) is 0 Å². The Balaban J connectivity index is 2.36. The molecule has 1 aromatic carbocycles. The van der Waals surface area contributed by atoms with Crippen LogP contribution in [0.1, 0.15) is 37.2 Å². The molecule has 0 radical (unpaired) electrons. The molecule has 26 heavy (non-hydrogen) atoms. The number of amides is 1. The molecular weight excluding hydrogens is 334 g/mol. The van der Waals surface area contributed by atoms with Crippen LogP contribution in [-0.2, 0) is 16.1 Å². The van der Waals surface area contributed by atoms with Crippen LogP contribution in [0.3, 0.4) is 0 Å². The van der Waals surface area contributed by atoms with Gasteiger partial charge in [0.15, 0.2) is 11.8 Å². The Labute approximate surface area is 151 Å². The fourth-order valence-electron chi connectivity index (χ4n) is 2.43. The van der Waals surface area contributed by atoms with Crippen molar-refractivity contribution in [2.75, 3.05) is 6.54 Å². The molecule has 2 rings (SSSR count). The molecule has 0 aliphatic rings. The average molecular weight is 357 g/mol. The second kappa shape index (κ2) is 8.94. The van der Waals surface area contributed by atoms with Gasteiger partial charge in [0.2, 0.25) is 0 Å². The second-order valence-corrected chi connectivity index (χ2v) is 5.86. The number of hydrogen-bond donors (Lipinski definition) is 1. The van der Waals surface area contributed by atoms with Crippen molar-refractivity contribution in [1.82, 2.24) is 15.1 Å². The smallest absolute Gasteiger partial charge is 0.360 e. The third-order valence-corrected chi connectivity index (χ3v) is 3.86. The summed E-state index contributed by atoms with van der Waals surface area (Å²) in [4.78, 5) is 37.0. The number of aromatic nitrogens is 2. The van der Waals surface area contributed by atoms with Crippen LogP contribution in [0, 0.1) is 0 Å². The van der Waals surface area contributed by atoms with Crippen LogP contribution in [0.25, 0.3) is 10.8 Å². The first-order chi connectivity index (χ1) is 12.5. The average Bonchev–Trinajstić information content (AvgIpc) is 2.65. The summed E-state index contributed by atoms with van der Waals surface area (Å²) < 4.78 is 6.52. The fourth-order valence-corrected chi connectivity index (χ4v) is 2.43. The monoisotopic (exact) mass is 357 g/mol. The number of rotatable bonds is 8. The molecule has 0 aliphatic carbocycles. The minimum Gasteiger partial charge on any atom is -0.448 e. The number of esters is 1. The van der Waals surface area contributed by atoms with E-state index in [1.807, 2.05) is 6.92 Å². The van der Waals surface area contributed by atoms with Crippen LogP contribution in [0.4, 0.5) is 0 Å². The maximum absolute atomic E-state index is 12.6. The number of carbonyl (C=O) groups is 2. The van der Waals surface area contributed by atoms with Crippen LogP contribution >= 0.6 is 0 Å². The maximum atomic E-state index is 12.6. The van der Waals surface area contributed by atoms with Gasteiger partial charge in [0.05, 0.1) is 5.39 Å². The van der Waals surface area contributed by atoms with Crippen molar-refractivity contribution < 1.29 is 14.3 Å². The number of hydrogen-bond acceptors (Lipinski definition) is 5. The Morgan fingerprint density at radius 3 is 2.69 bits per heavy atom. The molecule has 0 bridgehead atoms. The topological polar surface area (TPSA) is 90.3 Å². The van der Waals surface area contributed by atoms with Gasteiger partial charge in [-0.15, -0.1) is 6.58 Å². The SMILES string of the molecule is C=CCNC(=O)[C@H](C)OC(=O)c1nn(CCCC)c(=O)c2ccccc12. The summed E-state index contributed by atoms with van der Waals surface area (Å²) >= 11 is 0. The van der Waals surface area contributed by atoms with E-state index in [1.165, 1.54) is 17.7 Å².